The molecule has 0 radical (unpaired) electrons. The Balaban J connectivity index is 0.000000470. The Morgan fingerprint density at radius 1 is 0.918 bits per heavy atom. The number of rotatable bonds is 13. The summed E-state index contributed by atoms with van der Waals surface area (Å²) in [6.45, 7) is 6.08. The van der Waals surface area contributed by atoms with Crippen molar-refractivity contribution in [3.05, 3.63) is 96.2 Å². The number of nitrogens with two attached hydrogens (primary N) is 2. The summed E-state index contributed by atoms with van der Waals surface area (Å²) < 4.78 is 2.06. The van der Waals surface area contributed by atoms with Crippen molar-refractivity contribution in [1.29, 1.82) is 0 Å². The Morgan fingerprint density at radius 2 is 1.49 bits per heavy atom. The Hall–Kier alpha value is -5.75. The lowest BCUT2D eigenvalue weighted by atomic mass is 9.99. The minimum atomic E-state index is -1.01. The van der Waals surface area contributed by atoms with Crippen molar-refractivity contribution in [2.24, 2.45) is 16.5 Å². The van der Waals surface area contributed by atoms with E-state index >= 15 is 0 Å². The second kappa shape index (κ2) is 20.5. The van der Waals surface area contributed by atoms with Crippen molar-refractivity contribution >= 4 is 41.8 Å². The van der Waals surface area contributed by atoms with Crippen molar-refractivity contribution in [1.82, 2.24) is 9.88 Å². The standard InChI is InChI=1S/C28H27N3O3.C8H15N3O2.CH5N/c1-18(2)31-25(20-12-8-5-9-13-20)23(19-10-6-4-7-11-19)24(29-3)26(31)27(32)30-22-16-14-21(15-17-22)28(33)34;1-7(13)11-8(5-12)3-2-4-10-6-9;1-2/h4-18,29H,1-3H3,(H,30,32)(H,33,34);5-6,8H,2-4H2,1H3,(H2,9,10)(H,11,13);2H2,1H3. The lowest BCUT2D eigenvalue weighted by Crippen LogP contribution is -2.34. The average molecular weight is 670 g/mol. The number of nitrogens with one attached hydrogen (secondary N) is 3. The summed E-state index contributed by atoms with van der Waals surface area (Å²) in [7, 11) is 3.32. The maximum absolute atomic E-state index is 13.7. The van der Waals surface area contributed by atoms with E-state index in [4.69, 9.17) is 10.8 Å². The average Bonchev–Trinajstić information content (AvgIpc) is 3.47. The Kier molecular flexibility index (Phi) is 16.5. The topological polar surface area (TPSA) is 194 Å². The van der Waals surface area contributed by atoms with Crippen LogP contribution >= 0.6 is 0 Å². The molecule has 0 saturated carbocycles. The van der Waals surface area contributed by atoms with Gasteiger partial charge in [0.25, 0.3) is 5.91 Å². The second-order valence-electron chi connectivity index (χ2n) is 10.9. The molecule has 12 heteroatoms. The summed E-state index contributed by atoms with van der Waals surface area (Å²) in [5.41, 5.74) is 15.4. The van der Waals surface area contributed by atoms with E-state index in [9.17, 15) is 19.2 Å². The number of hydrogen-bond acceptors (Lipinski definition) is 7. The van der Waals surface area contributed by atoms with Gasteiger partial charge in [-0.15, -0.1) is 0 Å². The van der Waals surface area contributed by atoms with Gasteiger partial charge in [0.05, 0.1) is 29.3 Å². The number of benzene rings is 3. The number of amides is 2. The molecule has 2 amide bonds. The highest BCUT2D eigenvalue weighted by molar-refractivity contribution is 6.12. The van der Waals surface area contributed by atoms with Crippen LogP contribution in [0.4, 0.5) is 11.4 Å². The number of anilines is 2. The molecule has 4 rings (SSSR count). The molecule has 1 atom stereocenters. The summed E-state index contributed by atoms with van der Waals surface area (Å²) in [6, 6.07) is 25.8. The third-order valence-electron chi connectivity index (χ3n) is 7.15. The zero-order valence-corrected chi connectivity index (χ0v) is 28.6. The van der Waals surface area contributed by atoms with Crippen molar-refractivity contribution in [2.75, 3.05) is 31.3 Å². The third kappa shape index (κ3) is 11.2. The molecule has 1 heterocycles. The molecule has 3 aromatic carbocycles. The first-order chi connectivity index (χ1) is 23.6. The van der Waals surface area contributed by atoms with Crippen molar-refractivity contribution in [3.8, 4) is 22.4 Å². The number of carboxylic acid groups (broad SMARTS) is 1. The van der Waals surface area contributed by atoms with Gasteiger partial charge in [-0.25, -0.2) is 4.79 Å². The van der Waals surface area contributed by atoms with E-state index in [1.807, 2.05) is 67.7 Å². The van der Waals surface area contributed by atoms with Gasteiger partial charge in [-0.05, 0) is 69.1 Å². The third-order valence-corrected chi connectivity index (χ3v) is 7.15. The molecule has 1 aromatic heterocycles. The monoisotopic (exact) mass is 669 g/mol. The predicted molar refractivity (Wildman–Crippen MR) is 197 cm³/mol. The van der Waals surface area contributed by atoms with Gasteiger partial charge in [0.1, 0.15) is 12.0 Å². The second-order valence-corrected chi connectivity index (χ2v) is 10.9. The van der Waals surface area contributed by atoms with Gasteiger partial charge in [-0.1, -0.05) is 60.7 Å². The van der Waals surface area contributed by atoms with E-state index in [0.717, 1.165) is 40.8 Å². The fourth-order valence-corrected chi connectivity index (χ4v) is 5.14. The number of hydrogen-bond donors (Lipinski definition) is 6. The summed E-state index contributed by atoms with van der Waals surface area (Å²) in [5, 5.41) is 17.9. The zero-order valence-electron chi connectivity index (χ0n) is 28.6. The first kappa shape index (κ1) is 39.4. The molecule has 4 aromatic rings. The van der Waals surface area contributed by atoms with Crippen molar-refractivity contribution < 1.29 is 24.3 Å². The minimum Gasteiger partial charge on any atom is -0.478 e. The van der Waals surface area contributed by atoms with E-state index in [0.29, 0.717) is 24.3 Å². The van der Waals surface area contributed by atoms with Crippen LogP contribution in [0.5, 0.6) is 0 Å². The molecule has 1 unspecified atom stereocenters. The molecule has 0 aliphatic heterocycles. The Bertz CT molecular complexity index is 1670. The van der Waals surface area contributed by atoms with Crippen molar-refractivity contribution in [2.45, 2.75) is 45.7 Å². The predicted octanol–water partition coefficient (Wildman–Crippen LogP) is 5.43. The number of carbonyl (C=O) groups is 4. The molecular weight excluding hydrogens is 622 g/mol. The first-order valence-electron chi connectivity index (χ1n) is 15.8. The number of aldehydes is 1. The molecule has 49 heavy (non-hydrogen) atoms. The van der Waals surface area contributed by atoms with Gasteiger partial charge in [0, 0.05) is 37.8 Å². The number of carboxylic acids is 1. The molecule has 8 N–H and O–H groups in total. The molecule has 12 nitrogen and oxygen atoms in total. The molecule has 260 valence electrons. The number of aromatic nitrogens is 1. The normalized spacial score (nSPS) is 11.0. The molecule has 0 aliphatic carbocycles. The highest BCUT2D eigenvalue weighted by Gasteiger charge is 2.29. The van der Waals surface area contributed by atoms with E-state index in [-0.39, 0.29) is 23.4 Å². The van der Waals surface area contributed by atoms with Crippen LogP contribution in [0.1, 0.15) is 60.5 Å². The zero-order chi connectivity index (χ0) is 36.3. The summed E-state index contributed by atoms with van der Waals surface area (Å²) in [6.07, 6.45) is 3.29. The summed E-state index contributed by atoms with van der Waals surface area (Å²) in [4.78, 5) is 49.6. The molecule has 0 bridgehead atoms. The highest BCUT2D eigenvalue weighted by Crippen LogP contribution is 2.44. The van der Waals surface area contributed by atoms with Crippen LogP contribution in [0.2, 0.25) is 0 Å². The highest BCUT2D eigenvalue weighted by atomic mass is 16.4. The molecule has 0 spiro atoms. The number of aromatic carboxylic acids is 1. The van der Waals surface area contributed by atoms with Crippen LogP contribution in [0.3, 0.4) is 0 Å². The maximum atomic E-state index is 13.7. The van der Waals surface area contributed by atoms with Gasteiger partial charge in [-0.2, -0.15) is 0 Å². The van der Waals surface area contributed by atoms with Gasteiger partial charge in [-0.3, -0.25) is 14.6 Å². The van der Waals surface area contributed by atoms with Crippen LogP contribution in [-0.4, -0.2) is 66.8 Å². The number of nitrogens with zero attached hydrogens (tertiary/aromatic N) is 2. The number of aliphatic imine (C=N–C) groups is 1. The maximum Gasteiger partial charge on any atom is 0.335 e. The first-order valence-corrected chi connectivity index (χ1v) is 15.8. The van der Waals surface area contributed by atoms with E-state index in [1.54, 1.807) is 12.1 Å². The fraction of sp³-hybridized carbons (Fsp3) is 0.270. The number of carbonyl (C=O) groups excluding carboxylic acids is 3. The quantitative estimate of drug-likeness (QED) is 0.0469. The van der Waals surface area contributed by atoms with Crippen LogP contribution in [-0.2, 0) is 9.59 Å². The molecule has 0 aliphatic rings. The van der Waals surface area contributed by atoms with Crippen LogP contribution in [0.15, 0.2) is 89.9 Å². The van der Waals surface area contributed by atoms with E-state index < -0.39 is 12.0 Å². The lowest BCUT2D eigenvalue weighted by molar-refractivity contribution is -0.122. The summed E-state index contributed by atoms with van der Waals surface area (Å²) >= 11 is 0. The molecule has 0 fully saturated rings. The summed E-state index contributed by atoms with van der Waals surface area (Å²) in [5.74, 6) is -1.48. The SMILES string of the molecule is CC(=O)NC(C=O)CCCN=CN.CN.CNc1c(-c2ccccc2)c(-c2ccccc2)n(C(C)C)c1C(=O)Nc1ccc(C(=O)O)cc1. The molecule has 0 saturated heterocycles. The smallest absolute Gasteiger partial charge is 0.335 e. The van der Waals surface area contributed by atoms with Crippen LogP contribution in [0.25, 0.3) is 22.4 Å². The Labute approximate surface area is 287 Å². The lowest BCUT2D eigenvalue weighted by Gasteiger charge is -2.18. The Morgan fingerprint density at radius 3 is 1.96 bits per heavy atom. The van der Waals surface area contributed by atoms with Gasteiger partial charge in [0.15, 0.2) is 0 Å². The van der Waals surface area contributed by atoms with Crippen molar-refractivity contribution in [3.63, 3.8) is 0 Å². The molecular formula is C37H47N7O5. The largest absolute Gasteiger partial charge is 0.478 e. The minimum absolute atomic E-state index is 0.00472. The van der Waals surface area contributed by atoms with E-state index in [1.165, 1.54) is 32.4 Å². The van der Waals surface area contributed by atoms with E-state index in [2.05, 4.69) is 45.1 Å². The van der Waals surface area contributed by atoms with Gasteiger partial charge < -0.3 is 41.9 Å². The van der Waals surface area contributed by atoms with Gasteiger partial charge >= 0.3 is 5.97 Å². The fourth-order valence-electron chi connectivity index (χ4n) is 5.14. The van der Waals surface area contributed by atoms with Gasteiger partial charge in [0.2, 0.25) is 5.91 Å². The van der Waals surface area contributed by atoms with Crippen LogP contribution in [0, 0.1) is 0 Å². The van der Waals surface area contributed by atoms with Crippen LogP contribution < -0.4 is 27.4 Å².